The Balaban J connectivity index is 1.76. The number of thioether (sulfide) groups is 1. The van der Waals surface area contributed by atoms with Crippen molar-refractivity contribution in [1.29, 1.82) is 0 Å². The van der Waals surface area contributed by atoms with E-state index in [0.29, 0.717) is 16.6 Å². The van der Waals surface area contributed by atoms with Crippen LogP contribution in [0.4, 0.5) is 0 Å². The van der Waals surface area contributed by atoms with Crippen LogP contribution in [0, 0.1) is 5.92 Å². The number of aromatic hydroxyl groups is 1. The van der Waals surface area contributed by atoms with Crippen molar-refractivity contribution in [2.24, 2.45) is 10.9 Å². The van der Waals surface area contributed by atoms with E-state index in [0.717, 1.165) is 30.2 Å². The Morgan fingerprint density at radius 2 is 2.30 bits per heavy atom. The summed E-state index contributed by atoms with van der Waals surface area (Å²) in [6.45, 7) is 4.15. The maximum Gasteiger partial charge on any atom is 0.286 e. The van der Waals surface area contributed by atoms with E-state index < -0.39 is 0 Å². The number of rotatable bonds is 2. The minimum Gasteiger partial charge on any atom is -0.504 e. The van der Waals surface area contributed by atoms with Gasteiger partial charge < -0.3 is 14.7 Å². The van der Waals surface area contributed by atoms with Gasteiger partial charge in [0.05, 0.1) is 12.0 Å². The first kappa shape index (κ1) is 15.9. The van der Waals surface area contributed by atoms with Crippen molar-refractivity contribution < 1.29 is 14.6 Å². The summed E-state index contributed by atoms with van der Waals surface area (Å²) in [6.07, 6.45) is 4.17. The quantitative estimate of drug-likeness (QED) is 0.843. The van der Waals surface area contributed by atoms with Crippen LogP contribution in [0.25, 0.3) is 6.08 Å². The predicted octanol–water partition coefficient (Wildman–Crippen LogP) is 3.10. The molecule has 1 atom stereocenters. The van der Waals surface area contributed by atoms with E-state index in [1.165, 1.54) is 25.3 Å². The molecular weight excluding hydrogens is 312 g/mol. The fraction of sp³-hybridized carbons (Fsp3) is 0.412. The predicted molar refractivity (Wildman–Crippen MR) is 92.6 cm³/mol. The van der Waals surface area contributed by atoms with Gasteiger partial charge in [-0.2, -0.15) is 4.99 Å². The highest BCUT2D eigenvalue weighted by molar-refractivity contribution is 8.18. The molecule has 0 radical (unpaired) electrons. The Labute approximate surface area is 140 Å². The lowest BCUT2D eigenvalue weighted by atomic mass is 10.0. The van der Waals surface area contributed by atoms with Gasteiger partial charge >= 0.3 is 0 Å². The van der Waals surface area contributed by atoms with Crippen LogP contribution < -0.4 is 4.74 Å². The van der Waals surface area contributed by atoms with Crippen LogP contribution in [0.2, 0.25) is 0 Å². The molecule has 1 aromatic rings. The van der Waals surface area contributed by atoms with Crippen molar-refractivity contribution >= 4 is 28.9 Å². The fourth-order valence-corrected chi connectivity index (χ4v) is 3.78. The lowest BCUT2D eigenvalue weighted by Crippen LogP contribution is -2.37. The second-order valence-corrected chi connectivity index (χ2v) is 6.94. The average Bonchev–Trinajstić information content (AvgIpc) is 2.90. The number of piperidine rings is 1. The molecule has 23 heavy (non-hydrogen) atoms. The number of amides is 1. The highest BCUT2D eigenvalue weighted by atomic mass is 32.2. The topological polar surface area (TPSA) is 62.1 Å². The van der Waals surface area contributed by atoms with E-state index in [9.17, 15) is 9.90 Å². The Bertz CT molecular complexity index is 684. The third-order valence-corrected chi connectivity index (χ3v) is 5.08. The first-order valence-corrected chi connectivity index (χ1v) is 8.53. The van der Waals surface area contributed by atoms with Gasteiger partial charge in [-0.05, 0) is 54.3 Å². The Hall–Kier alpha value is -1.95. The normalized spacial score (nSPS) is 23.3. The molecule has 0 saturated carbocycles. The molecule has 122 valence electrons. The van der Waals surface area contributed by atoms with Crippen LogP contribution in [0.5, 0.6) is 11.5 Å². The molecule has 6 heteroatoms. The summed E-state index contributed by atoms with van der Waals surface area (Å²) >= 11 is 1.42. The standard InChI is InChI=1S/C17H20N2O3S/c1-11-4-3-7-19(10-11)17-18-16(21)15(23-17)9-12-5-6-13(20)14(8-12)22-2/h5-6,8-9,11,20H,3-4,7,10H2,1-2H3/b15-9+/t11-/m1/s1. The SMILES string of the molecule is COc1cc(/C=C2/SC(N3CCC[C@@H](C)C3)=NC2=O)ccc1O. The molecule has 1 fully saturated rings. The molecular formula is C17H20N2O3S. The van der Waals surface area contributed by atoms with Crippen molar-refractivity contribution in [3.05, 3.63) is 28.7 Å². The second kappa shape index (κ2) is 6.66. The van der Waals surface area contributed by atoms with Crippen LogP contribution in [0.1, 0.15) is 25.3 Å². The smallest absolute Gasteiger partial charge is 0.286 e. The molecule has 2 aliphatic rings. The molecule has 2 aliphatic heterocycles. The molecule has 0 aliphatic carbocycles. The van der Waals surface area contributed by atoms with E-state index in [4.69, 9.17) is 4.74 Å². The van der Waals surface area contributed by atoms with Crippen LogP contribution in [0.3, 0.4) is 0 Å². The molecule has 3 rings (SSSR count). The number of methoxy groups -OCH3 is 1. The summed E-state index contributed by atoms with van der Waals surface area (Å²) in [4.78, 5) is 19.2. The van der Waals surface area contributed by atoms with Gasteiger partial charge in [-0.3, -0.25) is 4.79 Å². The Morgan fingerprint density at radius 1 is 1.48 bits per heavy atom. The van der Waals surface area contributed by atoms with Crippen LogP contribution in [0.15, 0.2) is 28.1 Å². The van der Waals surface area contributed by atoms with Gasteiger partial charge in [0.15, 0.2) is 16.7 Å². The first-order chi connectivity index (χ1) is 11.1. The van der Waals surface area contributed by atoms with E-state index in [1.807, 2.05) is 0 Å². The van der Waals surface area contributed by atoms with Gasteiger partial charge in [-0.25, -0.2) is 0 Å². The van der Waals surface area contributed by atoms with Gasteiger partial charge in [0.25, 0.3) is 5.91 Å². The van der Waals surface area contributed by atoms with E-state index in [-0.39, 0.29) is 11.7 Å². The molecule has 1 saturated heterocycles. The summed E-state index contributed by atoms with van der Waals surface area (Å²) < 4.78 is 5.10. The number of nitrogens with zero attached hydrogens (tertiary/aromatic N) is 2. The van der Waals surface area contributed by atoms with Crippen molar-refractivity contribution in [1.82, 2.24) is 4.90 Å². The number of carbonyl (C=O) groups is 1. The van der Waals surface area contributed by atoms with E-state index in [2.05, 4.69) is 16.8 Å². The maximum absolute atomic E-state index is 12.2. The summed E-state index contributed by atoms with van der Waals surface area (Å²) in [6, 6.07) is 5.01. The number of phenols is 1. The van der Waals surface area contributed by atoms with Gasteiger partial charge in [-0.1, -0.05) is 13.0 Å². The lowest BCUT2D eigenvalue weighted by Gasteiger charge is -2.31. The molecule has 5 nitrogen and oxygen atoms in total. The Morgan fingerprint density at radius 3 is 3.04 bits per heavy atom. The average molecular weight is 332 g/mol. The van der Waals surface area contributed by atoms with Crippen molar-refractivity contribution in [3.63, 3.8) is 0 Å². The number of phenolic OH excluding ortho intramolecular Hbond substituents is 1. The fourth-order valence-electron chi connectivity index (χ4n) is 2.83. The number of carbonyl (C=O) groups excluding carboxylic acids is 1. The first-order valence-electron chi connectivity index (χ1n) is 7.71. The number of hydrogen-bond donors (Lipinski definition) is 1. The number of likely N-dealkylation sites (tertiary alicyclic amines) is 1. The van der Waals surface area contributed by atoms with Gasteiger partial charge in [0.2, 0.25) is 0 Å². The number of amidine groups is 1. The molecule has 0 bridgehead atoms. The van der Waals surface area contributed by atoms with E-state index >= 15 is 0 Å². The van der Waals surface area contributed by atoms with Crippen molar-refractivity contribution in [2.75, 3.05) is 20.2 Å². The monoisotopic (exact) mass is 332 g/mol. The van der Waals surface area contributed by atoms with Crippen LogP contribution in [-0.2, 0) is 4.79 Å². The molecule has 0 aromatic heterocycles. The Kier molecular flexibility index (Phi) is 4.61. The van der Waals surface area contributed by atoms with E-state index in [1.54, 1.807) is 24.3 Å². The molecule has 1 N–H and O–H groups in total. The highest BCUT2D eigenvalue weighted by Gasteiger charge is 2.28. The molecule has 2 heterocycles. The van der Waals surface area contributed by atoms with Crippen LogP contribution in [-0.4, -0.2) is 41.3 Å². The van der Waals surface area contributed by atoms with Crippen molar-refractivity contribution in [3.8, 4) is 11.5 Å². The summed E-state index contributed by atoms with van der Waals surface area (Å²) in [5.41, 5.74) is 0.805. The summed E-state index contributed by atoms with van der Waals surface area (Å²) in [5, 5.41) is 10.4. The summed E-state index contributed by atoms with van der Waals surface area (Å²) in [7, 11) is 1.50. The van der Waals surface area contributed by atoms with Gasteiger partial charge in [0, 0.05) is 13.1 Å². The van der Waals surface area contributed by atoms with Gasteiger partial charge in [0.1, 0.15) is 0 Å². The number of ether oxygens (including phenoxy) is 1. The third kappa shape index (κ3) is 3.52. The molecule has 1 amide bonds. The van der Waals surface area contributed by atoms with Crippen LogP contribution >= 0.6 is 11.8 Å². The third-order valence-electron chi connectivity index (χ3n) is 4.04. The zero-order chi connectivity index (χ0) is 16.4. The molecule has 0 unspecified atom stereocenters. The highest BCUT2D eigenvalue weighted by Crippen LogP contribution is 2.33. The second-order valence-electron chi connectivity index (χ2n) is 5.93. The zero-order valence-corrected chi connectivity index (χ0v) is 14.1. The summed E-state index contributed by atoms with van der Waals surface area (Å²) in [5.74, 6) is 0.909. The number of aliphatic imine (C=N–C) groups is 1. The molecule has 1 aromatic carbocycles. The maximum atomic E-state index is 12.2. The van der Waals surface area contributed by atoms with Crippen molar-refractivity contribution in [2.45, 2.75) is 19.8 Å². The zero-order valence-electron chi connectivity index (χ0n) is 13.3. The lowest BCUT2D eigenvalue weighted by molar-refractivity contribution is -0.113. The minimum atomic E-state index is -0.199. The number of hydrogen-bond acceptors (Lipinski definition) is 5. The molecule has 0 spiro atoms. The largest absolute Gasteiger partial charge is 0.504 e. The number of benzene rings is 1. The minimum absolute atomic E-state index is 0.0827. The van der Waals surface area contributed by atoms with Gasteiger partial charge in [-0.15, -0.1) is 0 Å².